The van der Waals surface area contributed by atoms with Gasteiger partial charge >= 0.3 is 11.2 Å². The first-order valence-electron chi connectivity index (χ1n) is 13.3. The second-order valence-corrected chi connectivity index (χ2v) is 12.0. The van der Waals surface area contributed by atoms with E-state index < -0.39 is 5.12 Å². The van der Waals surface area contributed by atoms with E-state index in [0.717, 1.165) is 22.4 Å². The third-order valence-electron chi connectivity index (χ3n) is 5.86. The zero-order valence-corrected chi connectivity index (χ0v) is 26.4. The predicted octanol–water partition coefficient (Wildman–Crippen LogP) is 8.49. The molecule has 0 heterocycles. The van der Waals surface area contributed by atoms with Gasteiger partial charge in [0.1, 0.15) is 5.75 Å². The first kappa shape index (κ1) is 31.5. The minimum atomic E-state index is -1.55. The third-order valence-corrected chi connectivity index (χ3v) is 8.92. The molecular weight excluding hydrogens is 589 g/mol. The lowest BCUT2D eigenvalue weighted by Crippen LogP contribution is -2.40. The summed E-state index contributed by atoms with van der Waals surface area (Å²) in [5.41, 5.74) is 1.51. The molecule has 2 amide bonds. The molecule has 0 aromatic heterocycles. The molecule has 4 rings (SSSR count). The summed E-state index contributed by atoms with van der Waals surface area (Å²) in [7, 11) is 3.30. The maximum Gasteiger partial charge on any atom is 0.350 e. The van der Waals surface area contributed by atoms with Gasteiger partial charge in [-0.05, 0) is 60.8 Å². The van der Waals surface area contributed by atoms with Crippen LogP contribution in [-0.4, -0.2) is 41.1 Å². The summed E-state index contributed by atoms with van der Waals surface area (Å²) >= 11 is 3.78. The van der Waals surface area contributed by atoms with E-state index >= 15 is 0 Å². The molecule has 7 nitrogen and oxygen atoms in total. The summed E-state index contributed by atoms with van der Waals surface area (Å²) in [6, 6.07) is 34.3. The molecule has 0 N–H and O–H groups in total. The second kappa shape index (κ2) is 15.7. The van der Waals surface area contributed by atoms with Gasteiger partial charge in [0, 0.05) is 42.1 Å². The lowest BCUT2D eigenvalue weighted by Gasteiger charge is -2.37. The van der Waals surface area contributed by atoms with Gasteiger partial charge in [0.05, 0.1) is 25.9 Å². The summed E-state index contributed by atoms with van der Waals surface area (Å²) in [5, 5.41) is -1.55. The molecule has 0 bridgehead atoms. The van der Waals surface area contributed by atoms with E-state index in [1.54, 1.807) is 17.9 Å². The van der Waals surface area contributed by atoms with E-state index in [4.69, 9.17) is 18.9 Å². The molecule has 0 spiro atoms. The highest BCUT2D eigenvalue weighted by atomic mass is 32.2. The summed E-state index contributed by atoms with van der Waals surface area (Å²) in [6.45, 7) is 2.50. The molecule has 0 radical (unpaired) electrons. The molecule has 0 aliphatic rings. The highest BCUT2D eigenvalue weighted by Gasteiger charge is 2.45. The van der Waals surface area contributed by atoms with Crippen LogP contribution in [-0.2, 0) is 16.5 Å². The van der Waals surface area contributed by atoms with E-state index in [0.29, 0.717) is 29.4 Å². The number of rotatable bonds is 14. The van der Waals surface area contributed by atoms with Crippen LogP contribution in [0.15, 0.2) is 114 Å². The predicted molar refractivity (Wildman–Crippen MR) is 173 cm³/mol. The average molecular weight is 623 g/mol. The molecule has 1 unspecified atom stereocenters. The molecule has 220 valence electrons. The van der Waals surface area contributed by atoms with E-state index in [9.17, 15) is 4.79 Å². The van der Waals surface area contributed by atoms with Gasteiger partial charge in [-0.3, -0.25) is 4.31 Å². The molecule has 1 atom stereocenters. The molecule has 0 aliphatic heterocycles. The summed E-state index contributed by atoms with van der Waals surface area (Å²) in [4.78, 5) is 14.8. The topological polar surface area (TPSA) is 60.5 Å². The number of nitrogens with zero attached hydrogens (tertiary/aromatic N) is 2. The van der Waals surface area contributed by atoms with Crippen molar-refractivity contribution >= 4 is 41.9 Å². The van der Waals surface area contributed by atoms with Crippen LogP contribution in [0.25, 0.3) is 0 Å². The highest BCUT2D eigenvalue weighted by Crippen LogP contribution is 2.49. The molecule has 0 aliphatic carbocycles. The van der Waals surface area contributed by atoms with Crippen LogP contribution in [0.1, 0.15) is 18.1 Å². The normalized spacial score (nSPS) is 12.2. The number of ether oxygens (including phenoxy) is 4. The fourth-order valence-electron chi connectivity index (χ4n) is 3.93. The largest absolute Gasteiger partial charge is 0.493 e. The molecule has 0 saturated carbocycles. The van der Waals surface area contributed by atoms with Crippen LogP contribution >= 0.6 is 35.8 Å². The van der Waals surface area contributed by atoms with Gasteiger partial charge < -0.3 is 18.9 Å². The Morgan fingerprint density at radius 3 is 2.12 bits per heavy atom. The Morgan fingerprint density at radius 2 is 1.50 bits per heavy atom. The van der Waals surface area contributed by atoms with Gasteiger partial charge in [-0.2, -0.15) is 0 Å². The maximum atomic E-state index is 13.9. The van der Waals surface area contributed by atoms with Crippen LogP contribution in [0.2, 0.25) is 0 Å². The lowest BCUT2D eigenvalue weighted by molar-refractivity contribution is -0.129. The Kier molecular flexibility index (Phi) is 11.8. The van der Waals surface area contributed by atoms with Gasteiger partial charge in [0.2, 0.25) is 0 Å². The van der Waals surface area contributed by atoms with Crippen LogP contribution in [0.3, 0.4) is 0 Å². The first-order chi connectivity index (χ1) is 20.5. The van der Waals surface area contributed by atoms with Crippen molar-refractivity contribution in [2.75, 3.05) is 27.0 Å². The second-order valence-electron chi connectivity index (χ2n) is 8.73. The molecular formula is C32H34N2O5S3. The Bertz CT molecular complexity index is 1400. The SMILES string of the molecule is CCOc1c(OC)cccc1C(OCc1ccccc1)(Oc1ccccc1)SN(C)C(=O)N(SC)Sc1ccccc1. The maximum absolute atomic E-state index is 13.9. The minimum Gasteiger partial charge on any atom is -0.493 e. The van der Waals surface area contributed by atoms with Gasteiger partial charge in [-0.25, -0.2) is 8.51 Å². The third kappa shape index (κ3) is 8.10. The lowest BCUT2D eigenvalue weighted by atomic mass is 10.1. The highest BCUT2D eigenvalue weighted by molar-refractivity contribution is 8.12. The summed E-state index contributed by atoms with van der Waals surface area (Å²) in [6.07, 6.45) is 1.86. The van der Waals surface area contributed by atoms with Crippen LogP contribution in [0, 0.1) is 0 Å². The van der Waals surface area contributed by atoms with Crippen molar-refractivity contribution in [1.29, 1.82) is 0 Å². The number of hydrogen-bond acceptors (Lipinski definition) is 8. The molecule has 0 fully saturated rings. The Morgan fingerprint density at radius 1 is 0.857 bits per heavy atom. The standard InChI is InChI=1S/C32H34N2O5S3/c1-5-37-30-28(22-15-23-29(30)36-3)32(39-26-18-11-7-12-19-26,38-24-25-16-9-6-10-17-25)42-33(2)31(35)34(40-4)41-27-20-13-8-14-21-27/h6-23H,5,24H2,1-4H3. The number of methoxy groups -OCH3 is 1. The number of para-hydroxylation sites is 2. The number of carbonyl (C=O) groups excluding carboxylic acids is 1. The van der Waals surface area contributed by atoms with Crippen molar-refractivity contribution in [1.82, 2.24) is 8.02 Å². The molecule has 4 aromatic carbocycles. The smallest absolute Gasteiger partial charge is 0.350 e. The summed E-state index contributed by atoms with van der Waals surface area (Å²) in [5.74, 6) is 1.56. The zero-order chi connectivity index (χ0) is 29.8. The fraction of sp³-hybridized carbons (Fsp3) is 0.219. The molecule has 42 heavy (non-hydrogen) atoms. The van der Waals surface area contributed by atoms with E-state index in [2.05, 4.69) is 0 Å². The van der Waals surface area contributed by atoms with Crippen molar-refractivity contribution in [3.8, 4) is 17.2 Å². The van der Waals surface area contributed by atoms with Gasteiger partial charge in [-0.1, -0.05) is 72.8 Å². The Labute approximate surface area is 260 Å². The Hall–Kier alpha value is -3.44. The first-order valence-corrected chi connectivity index (χ1v) is 16.0. The van der Waals surface area contributed by atoms with Crippen molar-refractivity contribution in [3.63, 3.8) is 0 Å². The number of urea groups is 1. The number of hydrogen-bond donors (Lipinski definition) is 0. The molecule has 10 heteroatoms. The minimum absolute atomic E-state index is 0.205. The molecule has 0 saturated heterocycles. The monoisotopic (exact) mass is 622 g/mol. The van der Waals surface area contributed by atoms with Crippen LogP contribution < -0.4 is 14.2 Å². The van der Waals surface area contributed by atoms with Crippen molar-refractivity contribution in [3.05, 3.63) is 120 Å². The van der Waals surface area contributed by atoms with Crippen LogP contribution in [0.5, 0.6) is 17.2 Å². The Balaban J connectivity index is 1.79. The average Bonchev–Trinajstić information content (AvgIpc) is 3.04. The van der Waals surface area contributed by atoms with Gasteiger partial charge in [0.25, 0.3) is 0 Å². The fourth-order valence-corrected chi connectivity index (χ4v) is 6.56. The van der Waals surface area contributed by atoms with Crippen molar-refractivity contribution < 1.29 is 23.7 Å². The van der Waals surface area contributed by atoms with Crippen molar-refractivity contribution in [2.24, 2.45) is 0 Å². The van der Waals surface area contributed by atoms with Crippen molar-refractivity contribution in [2.45, 2.75) is 23.5 Å². The van der Waals surface area contributed by atoms with Crippen LogP contribution in [0.4, 0.5) is 4.79 Å². The van der Waals surface area contributed by atoms with E-state index in [1.165, 1.54) is 28.2 Å². The van der Waals surface area contributed by atoms with Gasteiger partial charge in [0.15, 0.2) is 11.5 Å². The van der Waals surface area contributed by atoms with Gasteiger partial charge in [-0.15, -0.1) is 0 Å². The number of benzene rings is 4. The van der Waals surface area contributed by atoms with E-state index in [1.807, 2.05) is 122 Å². The van der Waals surface area contributed by atoms with E-state index in [-0.39, 0.29) is 12.6 Å². The number of carbonyl (C=O) groups is 1. The zero-order valence-electron chi connectivity index (χ0n) is 24.0. The summed E-state index contributed by atoms with van der Waals surface area (Å²) < 4.78 is 28.4. The number of amides is 2. The quantitative estimate of drug-likeness (QED) is 0.103. The molecule has 4 aromatic rings.